The molecule has 0 N–H and O–H groups in total. The van der Waals surface area contributed by atoms with E-state index in [1.807, 2.05) is 38.1 Å². The number of hydrogen-bond donors (Lipinski definition) is 0. The number of fused-ring (bicyclic) bond motifs is 3. The Labute approximate surface area is 379 Å². The molecule has 0 saturated heterocycles. The maximum atomic E-state index is 4.47. The summed E-state index contributed by atoms with van der Waals surface area (Å²) in [5.74, 6) is 0. The first-order valence-corrected chi connectivity index (χ1v) is 22.5. The summed E-state index contributed by atoms with van der Waals surface area (Å²) in [4.78, 5) is 4.79. The quantitative estimate of drug-likeness (QED) is 0.136. The second-order valence-corrected chi connectivity index (χ2v) is 18.9. The highest BCUT2D eigenvalue weighted by molar-refractivity contribution is 5.99. The van der Waals surface area contributed by atoms with E-state index >= 15 is 0 Å². The van der Waals surface area contributed by atoms with Gasteiger partial charge in [-0.25, -0.2) is 0 Å². The van der Waals surface area contributed by atoms with Crippen LogP contribution in [0.15, 0.2) is 153 Å². The number of benzene rings is 6. The highest BCUT2D eigenvalue weighted by Gasteiger charge is 2.39. The standard InChI is InChI=1S/C59H62N2.C2H6/c1-15-46-47(16-2)56-50-34-33-45(60(43-29-23-27-41(35-43)57(7,8)9)53(17-3)48-31-21-19-25-39(48)5)37-51(50)59(13,14)52(56)38-55(46)61(44-30-24-28-42(36-44)58(10,11)12)54(18-4)49-32-22-20-26-40(49)6;1-2/h15-38H,1-2,4,6H2,3,5,7-14H3;1-2H3/b53-17+,54-49+;. The van der Waals surface area contributed by atoms with Crippen molar-refractivity contribution in [2.45, 2.75) is 99.3 Å². The normalized spacial score (nSPS) is 13.5. The third-order valence-electron chi connectivity index (χ3n) is 12.5. The molecule has 0 radical (unpaired) electrons. The number of hydrogen-bond acceptors (Lipinski definition) is 2. The van der Waals surface area contributed by atoms with E-state index < -0.39 is 0 Å². The summed E-state index contributed by atoms with van der Waals surface area (Å²) in [6, 6.07) is 44.3. The van der Waals surface area contributed by atoms with Crippen LogP contribution in [0, 0.1) is 6.92 Å². The van der Waals surface area contributed by atoms with E-state index in [2.05, 4.69) is 227 Å². The molecule has 0 bridgehead atoms. The molecule has 0 amide bonds. The monoisotopic (exact) mass is 829 g/mol. The smallest absolute Gasteiger partial charge is 0.0543 e. The summed E-state index contributed by atoms with van der Waals surface area (Å²) >= 11 is 0. The van der Waals surface area contributed by atoms with Gasteiger partial charge in [-0.15, -0.1) is 0 Å². The predicted molar refractivity (Wildman–Crippen MR) is 280 cm³/mol. The van der Waals surface area contributed by atoms with Crippen molar-refractivity contribution in [3.63, 3.8) is 0 Å². The van der Waals surface area contributed by atoms with Gasteiger partial charge in [-0.1, -0.05) is 193 Å². The Balaban J connectivity index is 0.00000326. The van der Waals surface area contributed by atoms with Gasteiger partial charge in [0, 0.05) is 44.5 Å². The summed E-state index contributed by atoms with van der Waals surface area (Å²) in [6.07, 6.45) is 8.22. The number of nitrogens with zero attached hydrogens (tertiary/aromatic N) is 2. The molecular formula is C61H68N2. The molecule has 6 aromatic rings. The minimum atomic E-state index is -0.373. The van der Waals surface area contributed by atoms with Crippen molar-refractivity contribution < 1.29 is 0 Å². The van der Waals surface area contributed by atoms with E-state index in [-0.39, 0.29) is 16.2 Å². The summed E-state index contributed by atoms with van der Waals surface area (Å²) in [7, 11) is 0. The topological polar surface area (TPSA) is 6.48 Å². The molecule has 0 spiro atoms. The number of allylic oxidation sites excluding steroid dienone is 1. The Kier molecular flexibility index (Phi) is 13.3. The zero-order valence-electron chi connectivity index (χ0n) is 40.1. The van der Waals surface area contributed by atoms with Crippen LogP contribution in [0.25, 0.3) is 41.3 Å². The lowest BCUT2D eigenvalue weighted by atomic mass is 9.80. The van der Waals surface area contributed by atoms with Crippen LogP contribution in [0.2, 0.25) is 0 Å². The molecule has 0 unspecified atom stereocenters. The Morgan fingerprint density at radius 1 is 0.603 bits per heavy atom. The van der Waals surface area contributed by atoms with Crippen molar-refractivity contribution in [3.8, 4) is 11.1 Å². The first-order chi connectivity index (χ1) is 30.0. The van der Waals surface area contributed by atoms with Gasteiger partial charge < -0.3 is 9.80 Å². The van der Waals surface area contributed by atoms with Crippen LogP contribution in [0.4, 0.5) is 22.7 Å². The average Bonchev–Trinajstić information content (AvgIpc) is 3.49. The lowest BCUT2D eigenvalue weighted by Crippen LogP contribution is -2.31. The summed E-state index contributed by atoms with van der Waals surface area (Å²) in [6.45, 7) is 44.5. The Morgan fingerprint density at radius 3 is 1.70 bits per heavy atom. The zero-order chi connectivity index (χ0) is 46.0. The fourth-order valence-electron chi connectivity index (χ4n) is 9.07. The van der Waals surface area contributed by atoms with Gasteiger partial charge in [-0.05, 0) is 123 Å². The first-order valence-electron chi connectivity index (χ1n) is 22.5. The maximum absolute atomic E-state index is 4.47. The van der Waals surface area contributed by atoms with E-state index in [1.165, 1.54) is 44.5 Å². The molecule has 63 heavy (non-hydrogen) atoms. The van der Waals surface area contributed by atoms with Crippen molar-refractivity contribution in [1.29, 1.82) is 0 Å². The average molecular weight is 829 g/mol. The lowest BCUT2D eigenvalue weighted by molar-refractivity contribution is 0.590. The SMILES string of the molecule is C=C/C(=c1/ccccc1=C)N(c1cccc(C(C)(C)C)c1)c1cc2c(c(C=C)c1C=C)-c1ccc(N(/C(=C/C)c3ccccc3C)c3cccc(C(C)(C)C)c3)cc1C2(C)C.CC. The van der Waals surface area contributed by atoms with E-state index in [9.17, 15) is 0 Å². The lowest BCUT2D eigenvalue weighted by Gasteiger charge is -2.33. The van der Waals surface area contributed by atoms with Crippen molar-refractivity contribution in [3.05, 3.63) is 208 Å². The fraction of sp³-hybridized carbons (Fsp3) is 0.246. The van der Waals surface area contributed by atoms with Gasteiger partial charge in [0.25, 0.3) is 0 Å². The zero-order valence-corrected chi connectivity index (χ0v) is 40.1. The largest absolute Gasteiger partial charge is 0.310 e. The minimum Gasteiger partial charge on any atom is -0.310 e. The second kappa shape index (κ2) is 18.1. The molecule has 0 aliphatic heterocycles. The molecule has 2 nitrogen and oxygen atoms in total. The van der Waals surface area contributed by atoms with Crippen molar-refractivity contribution in [1.82, 2.24) is 0 Å². The van der Waals surface area contributed by atoms with Crippen LogP contribution in [-0.2, 0) is 16.2 Å². The van der Waals surface area contributed by atoms with Crippen LogP contribution in [-0.4, -0.2) is 0 Å². The first kappa shape index (κ1) is 46.1. The molecule has 0 aromatic heterocycles. The van der Waals surface area contributed by atoms with E-state index in [1.54, 1.807) is 0 Å². The van der Waals surface area contributed by atoms with Crippen LogP contribution >= 0.6 is 0 Å². The summed E-state index contributed by atoms with van der Waals surface area (Å²) in [5, 5.41) is 1.95. The minimum absolute atomic E-state index is 0.00970. The van der Waals surface area contributed by atoms with Gasteiger partial charge in [0.2, 0.25) is 0 Å². The van der Waals surface area contributed by atoms with Crippen molar-refractivity contribution in [2.24, 2.45) is 0 Å². The Bertz CT molecular complexity index is 2850. The van der Waals surface area contributed by atoms with Gasteiger partial charge in [0.1, 0.15) is 0 Å². The molecule has 1 aliphatic rings. The molecule has 7 rings (SSSR count). The van der Waals surface area contributed by atoms with Crippen LogP contribution in [0.1, 0.15) is 121 Å². The third kappa shape index (κ3) is 8.57. The van der Waals surface area contributed by atoms with Crippen molar-refractivity contribution >= 4 is 52.9 Å². The molecule has 0 fully saturated rings. The highest BCUT2D eigenvalue weighted by atomic mass is 15.2. The van der Waals surface area contributed by atoms with Gasteiger partial charge in [-0.2, -0.15) is 0 Å². The molecule has 0 heterocycles. The molecule has 2 heteroatoms. The summed E-state index contributed by atoms with van der Waals surface area (Å²) < 4.78 is 0. The van der Waals surface area contributed by atoms with Crippen LogP contribution in [0.3, 0.4) is 0 Å². The molecule has 0 atom stereocenters. The van der Waals surface area contributed by atoms with E-state index in [0.717, 1.165) is 55.7 Å². The van der Waals surface area contributed by atoms with Gasteiger partial charge in [-0.3, -0.25) is 0 Å². The molecule has 6 aromatic carbocycles. The van der Waals surface area contributed by atoms with Gasteiger partial charge in [0.05, 0.1) is 11.4 Å². The van der Waals surface area contributed by atoms with E-state index in [0.29, 0.717) is 0 Å². The number of aryl methyl sites for hydroxylation is 1. The molecule has 0 saturated carbocycles. The third-order valence-corrected chi connectivity index (χ3v) is 12.5. The molecule has 1 aliphatic carbocycles. The predicted octanol–water partition coefficient (Wildman–Crippen LogP) is 16.0. The summed E-state index contributed by atoms with van der Waals surface area (Å²) in [5.41, 5.74) is 17.9. The second-order valence-electron chi connectivity index (χ2n) is 18.9. The van der Waals surface area contributed by atoms with Crippen LogP contribution in [0.5, 0.6) is 0 Å². The highest BCUT2D eigenvalue weighted by Crippen LogP contribution is 2.55. The fourth-order valence-corrected chi connectivity index (χ4v) is 9.07. The van der Waals surface area contributed by atoms with Gasteiger partial charge in [0.15, 0.2) is 0 Å². The Morgan fingerprint density at radius 2 is 1.16 bits per heavy atom. The molecule has 322 valence electrons. The molecular weight excluding hydrogens is 761 g/mol. The van der Waals surface area contributed by atoms with Crippen LogP contribution < -0.4 is 20.2 Å². The van der Waals surface area contributed by atoms with Crippen molar-refractivity contribution in [2.75, 3.05) is 9.80 Å². The van der Waals surface area contributed by atoms with E-state index in [4.69, 9.17) is 0 Å². The van der Waals surface area contributed by atoms with Gasteiger partial charge >= 0.3 is 0 Å². The Hall–Kier alpha value is -6.38. The number of rotatable bonds is 10. The maximum Gasteiger partial charge on any atom is 0.0543 e. The number of anilines is 4.